The van der Waals surface area contributed by atoms with Crippen molar-refractivity contribution >= 4 is 22.5 Å². The van der Waals surface area contributed by atoms with Gasteiger partial charge in [0.05, 0.1) is 22.6 Å². The summed E-state index contributed by atoms with van der Waals surface area (Å²) >= 11 is 0. The molecular weight excluding hydrogens is 242 g/mol. The largest absolute Gasteiger partial charge is 0.317 e. The van der Waals surface area contributed by atoms with E-state index in [1.54, 1.807) is 0 Å². The van der Waals surface area contributed by atoms with Gasteiger partial charge < -0.3 is 5.32 Å². The van der Waals surface area contributed by atoms with Gasteiger partial charge in [-0.05, 0) is 19.9 Å². The Labute approximate surface area is 109 Å². The Bertz CT molecular complexity index is 736. The predicted molar refractivity (Wildman–Crippen MR) is 72.1 cm³/mol. The molecule has 6 heteroatoms. The maximum absolute atomic E-state index is 12.3. The molecular formula is C13H13N5O. The normalized spacial score (nSPS) is 10.8. The molecule has 0 saturated heterocycles. The monoisotopic (exact) mass is 255 g/mol. The molecule has 96 valence electrons. The number of carbonyl (C=O) groups is 1. The summed E-state index contributed by atoms with van der Waals surface area (Å²) in [6.45, 7) is 3.69. The van der Waals surface area contributed by atoms with Gasteiger partial charge in [-0.3, -0.25) is 15.0 Å². The number of benzene rings is 1. The zero-order valence-corrected chi connectivity index (χ0v) is 10.6. The van der Waals surface area contributed by atoms with Crippen molar-refractivity contribution in [3.63, 3.8) is 0 Å². The first-order valence-electron chi connectivity index (χ1n) is 5.93. The van der Waals surface area contributed by atoms with Gasteiger partial charge in [0.1, 0.15) is 0 Å². The van der Waals surface area contributed by atoms with Crippen molar-refractivity contribution in [3.05, 3.63) is 41.3 Å². The number of rotatable bonds is 2. The van der Waals surface area contributed by atoms with Crippen LogP contribution in [0.2, 0.25) is 0 Å². The minimum atomic E-state index is -0.245. The molecule has 19 heavy (non-hydrogen) atoms. The highest BCUT2D eigenvalue weighted by atomic mass is 16.2. The van der Waals surface area contributed by atoms with E-state index in [0.717, 1.165) is 22.3 Å². The minimum absolute atomic E-state index is 0.245. The van der Waals surface area contributed by atoms with Crippen LogP contribution in [0.15, 0.2) is 24.3 Å². The Morgan fingerprint density at radius 1 is 1.16 bits per heavy atom. The molecule has 3 aromatic rings. The fraction of sp³-hybridized carbons (Fsp3) is 0.154. The van der Waals surface area contributed by atoms with E-state index >= 15 is 0 Å². The minimum Gasteiger partial charge on any atom is -0.317 e. The van der Waals surface area contributed by atoms with Crippen LogP contribution in [0.4, 0.5) is 5.69 Å². The maximum Gasteiger partial charge on any atom is 0.276 e. The summed E-state index contributed by atoms with van der Waals surface area (Å²) in [5.41, 5.74) is 3.51. The molecule has 0 aliphatic heterocycles. The number of nitrogens with one attached hydrogen (secondary N) is 3. The fourth-order valence-corrected chi connectivity index (χ4v) is 2.04. The Morgan fingerprint density at radius 2 is 1.95 bits per heavy atom. The van der Waals surface area contributed by atoms with Crippen LogP contribution < -0.4 is 5.32 Å². The van der Waals surface area contributed by atoms with E-state index in [9.17, 15) is 4.79 Å². The first kappa shape index (κ1) is 11.5. The van der Waals surface area contributed by atoms with E-state index in [-0.39, 0.29) is 5.91 Å². The summed E-state index contributed by atoms with van der Waals surface area (Å²) in [6, 6.07) is 7.52. The third-order valence-electron chi connectivity index (χ3n) is 3.05. The van der Waals surface area contributed by atoms with Crippen LogP contribution in [0.25, 0.3) is 10.9 Å². The Balaban J connectivity index is 1.97. The highest BCUT2D eigenvalue weighted by Crippen LogP contribution is 2.20. The first-order valence-corrected chi connectivity index (χ1v) is 5.93. The Hall–Kier alpha value is -2.63. The van der Waals surface area contributed by atoms with E-state index in [4.69, 9.17) is 0 Å². The van der Waals surface area contributed by atoms with Gasteiger partial charge >= 0.3 is 0 Å². The number of para-hydroxylation sites is 1. The summed E-state index contributed by atoms with van der Waals surface area (Å²) in [5.74, 6) is -0.245. The summed E-state index contributed by atoms with van der Waals surface area (Å²) in [5, 5.41) is 17.4. The number of hydrogen-bond acceptors (Lipinski definition) is 3. The highest BCUT2D eigenvalue weighted by molar-refractivity contribution is 6.11. The number of aromatic amines is 2. The van der Waals surface area contributed by atoms with E-state index in [0.29, 0.717) is 11.4 Å². The average molecular weight is 255 g/mol. The molecule has 0 unspecified atom stereocenters. The number of H-pyrrole nitrogens is 2. The third kappa shape index (κ3) is 1.87. The summed E-state index contributed by atoms with van der Waals surface area (Å²) in [6.07, 6.45) is 0. The molecule has 3 rings (SSSR count). The zero-order chi connectivity index (χ0) is 13.4. The molecule has 0 saturated carbocycles. The lowest BCUT2D eigenvalue weighted by Crippen LogP contribution is -2.13. The average Bonchev–Trinajstić information content (AvgIpc) is 2.97. The van der Waals surface area contributed by atoms with Gasteiger partial charge in [0.2, 0.25) is 0 Å². The van der Waals surface area contributed by atoms with Gasteiger partial charge in [-0.2, -0.15) is 10.2 Å². The third-order valence-corrected chi connectivity index (χ3v) is 3.05. The number of aromatic nitrogens is 4. The second-order valence-electron chi connectivity index (χ2n) is 4.38. The maximum atomic E-state index is 12.3. The van der Waals surface area contributed by atoms with Crippen molar-refractivity contribution in [2.45, 2.75) is 13.8 Å². The molecule has 2 heterocycles. The summed E-state index contributed by atoms with van der Waals surface area (Å²) in [7, 11) is 0. The zero-order valence-electron chi connectivity index (χ0n) is 10.6. The van der Waals surface area contributed by atoms with Crippen LogP contribution in [-0.2, 0) is 0 Å². The van der Waals surface area contributed by atoms with Gasteiger partial charge in [-0.15, -0.1) is 0 Å². The molecule has 2 aromatic heterocycles. The van der Waals surface area contributed by atoms with E-state index in [1.165, 1.54) is 0 Å². The predicted octanol–water partition coefficient (Wildman–Crippen LogP) is 2.16. The molecule has 0 radical (unpaired) electrons. The lowest BCUT2D eigenvalue weighted by Gasteiger charge is -2.03. The van der Waals surface area contributed by atoms with Crippen LogP contribution in [0.5, 0.6) is 0 Å². The van der Waals surface area contributed by atoms with Crippen molar-refractivity contribution in [1.82, 2.24) is 20.4 Å². The smallest absolute Gasteiger partial charge is 0.276 e. The lowest BCUT2D eigenvalue weighted by atomic mass is 10.2. The highest BCUT2D eigenvalue weighted by Gasteiger charge is 2.16. The number of carbonyl (C=O) groups excluding carboxylic acids is 1. The number of aryl methyl sites for hydroxylation is 2. The number of nitrogens with zero attached hydrogens (tertiary/aromatic N) is 2. The summed E-state index contributed by atoms with van der Waals surface area (Å²) < 4.78 is 0. The van der Waals surface area contributed by atoms with Crippen molar-refractivity contribution in [2.75, 3.05) is 5.32 Å². The molecule has 0 fully saturated rings. The molecule has 1 aromatic carbocycles. The second kappa shape index (κ2) is 4.24. The quantitative estimate of drug-likeness (QED) is 0.655. The Morgan fingerprint density at radius 3 is 2.68 bits per heavy atom. The molecule has 0 aliphatic rings. The van der Waals surface area contributed by atoms with Gasteiger partial charge in [-0.25, -0.2) is 0 Å². The van der Waals surface area contributed by atoms with Crippen LogP contribution in [-0.4, -0.2) is 26.3 Å². The van der Waals surface area contributed by atoms with Crippen LogP contribution in [0.1, 0.15) is 21.9 Å². The summed E-state index contributed by atoms with van der Waals surface area (Å²) in [4.78, 5) is 12.3. The number of fused-ring (bicyclic) bond motifs is 1. The lowest BCUT2D eigenvalue weighted by molar-refractivity contribution is 0.102. The number of anilines is 1. The van der Waals surface area contributed by atoms with E-state index in [2.05, 4.69) is 25.7 Å². The molecule has 6 nitrogen and oxygen atoms in total. The van der Waals surface area contributed by atoms with Crippen LogP contribution >= 0.6 is 0 Å². The topological polar surface area (TPSA) is 86.5 Å². The SMILES string of the molecule is Cc1n[nH]c(C)c1NC(=O)c1n[nH]c2ccccc12. The molecule has 0 atom stereocenters. The van der Waals surface area contributed by atoms with Crippen LogP contribution in [0, 0.1) is 13.8 Å². The number of hydrogen-bond donors (Lipinski definition) is 3. The van der Waals surface area contributed by atoms with Gasteiger partial charge in [0, 0.05) is 5.39 Å². The van der Waals surface area contributed by atoms with Gasteiger partial charge in [0.25, 0.3) is 5.91 Å². The standard InChI is InChI=1S/C13H13N5O/c1-7-11(8(2)16-15-7)14-13(19)12-9-5-3-4-6-10(9)17-18-12/h3-6H,1-2H3,(H,14,19)(H,15,16)(H,17,18). The van der Waals surface area contributed by atoms with Crippen molar-refractivity contribution in [1.29, 1.82) is 0 Å². The first-order chi connectivity index (χ1) is 9.16. The molecule has 0 bridgehead atoms. The second-order valence-corrected chi connectivity index (χ2v) is 4.38. The molecule has 3 N–H and O–H groups in total. The molecule has 1 amide bonds. The molecule has 0 aliphatic carbocycles. The van der Waals surface area contributed by atoms with Crippen molar-refractivity contribution in [3.8, 4) is 0 Å². The van der Waals surface area contributed by atoms with E-state index in [1.807, 2.05) is 38.1 Å². The van der Waals surface area contributed by atoms with E-state index < -0.39 is 0 Å². The molecule has 0 spiro atoms. The fourth-order valence-electron chi connectivity index (χ4n) is 2.04. The van der Waals surface area contributed by atoms with Crippen molar-refractivity contribution in [2.24, 2.45) is 0 Å². The van der Waals surface area contributed by atoms with Crippen molar-refractivity contribution < 1.29 is 4.79 Å². The Kier molecular flexibility index (Phi) is 2.56. The van der Waals surface area contributed by atoms with Gasteiger partial charge in [-0.1, -0.05) is 18.2 Å². The number of amides is 1. The van der Waals surface area contributed by atoms with Crippen LogP contribution in [0.3, 0.4) is 0 Å². The van der Waals surface area contributed by atoms with Gasteiger partial charge in [0.15, 0.2) is 5.69 Å².